The lowest BCUT2D eigenvalue weighted by molar-refractivity contribution is -0.123. The quantitative estimate of drug-likeness (QED) is 0.453. The fourth-order valence-corrected chi connectivity index (χ4v) is 5.85. The summed E-state index contributed by atoms with van der Waals surface area (Å²) in [5.41, 5.74) is -0.117. The van der Waals surface area contributed by atoms with Crippen LogP contribution in [0.25, 0.3) is 0 Å². The van der Waals surface area contributed by atoms with Gasteiger partial charge in [-0.1, -0.05) is 12.8 Å². The molecule has 3 heterocycles. The Bertz CT molecular complexity index is 537. The van der Waals surface area contributed by atoms with Crippen molar-refractivity contribution in [3.63, 3.8) is 0 Å². The topological polar surface area (TPSA) is 119 Å². The molecule has 1 aliphatic carbocycles. The van der Waals surface area contributed by atoms with Crippen molar-refractivity contribution in [3.8, 4) is 0 Å². The number of nitrogens with zero attached hydrogens (tertiary/aromatic N) is 1. The number of hydrogen-bond donors (Lipinski definition) is 4. The number of amides is 1. The predicted octanol–water partition coefficient (Wildman–Crippen LogP) is 0.216. The zero-order chi connectivity index (χ0) is 20.1. The fourth-order valence-electron chi connectivity index (χ4n) is 5.85. The van der Waals surface area contributed by atoms with Crippen molar-refractivity contribution in [1.29, 1.82) is 0 Å². The molecule has 3 saturated heterocycles. The van der Waals surface area contributed by atoms with Crippen LogP contribution in [0, 0.1) is 17.8 Å². The molecule has 160 valence electrons. The highest BCUT2D eigenvalue weighted by Crippen LogP contribution is 2.54. The fraction of sp³-hybridized carbons (Fsp3) is 0.900. The molecule has 28 heavy (non-hydrogen) atoms. The van der Waals surface area contributed by atoms with E-state index in [1.165, 1.54) is 25.7 Å². The largest absolute Gasteiger partial charge is 0.483 e. The van der Waals surface area contributed by atoms with Gasteiger partial charge in [0, 0.05) is 37.9 Å². The van der Waals surface area contributed by atoms with Crippen LogP contribution < -0.4 is 5.32 Å². The Kier molecular flexibility index (Phi) is 7.31. The third-order valence-electron chi connectivity index (χ3n) is 7.23. The van der Waals surface area contributed by atoms with Crippen LogP contribution in [-0.4, -0.2) is 83.2 Å². The summed E-state index contributed by atoms with van der Waals surface area (Å²) in [5.74, 6) is 1.55. The maximum atomic E-state index is 12.3. The Morgan fingerprint density at radius 1 is 1.25 bits per heavy atom. The molecule has 0 aromatic carbocycles. The maximum absolute atomic E-state index is 12.3. The number of likely N-dealkylation sites (tertiary alicyclic amines) is 1. The van der Waals surface area contributed by atoms with E-state index in [-0.39, 0.29) is 43.3 Å². The Hall–Kier alpha value is -1.22. The van der Waals surface area contributed by atoms with Gasteiger partial charge >= 0.3 is 0 Å². The van der Waals surface area contributed by atoms with E-state index in [9.17, 15) is 15.0 Å². The standard InChI is InChI=1S/C19H32N2O4.CH2O2/c22-10-14(11-23)21-9-16-15(17-5-6-19(16,12-21)25-17)8-20-18(24)7-13-3-1-2-4-13;2-1-3/h13-17,22-23H,1-12H2,(H,20,24);1H,(H,2,3)/t15-,16+,17+,19+;/m0./s1. The number of hydrogen-bond acceptors (Lipinski definition) is 6. The minimum absolute atomic E-state index is 0.0223. The Balaban J connectivity index is 0.000000706. The lowest BCUT2D eigenvalue weighted by Gasteiger charge is -2.29. The number of nitrogens with one attached hydrogen (secondary N) is 1. The molecule has 1 spiro atoms. The van der Waals surface area contributed by atoms with Crippen molar-refractivity contribution in [3.05, 3.63) is 0 Å². The van der Waals surface area contributed by atoms with Gasteiger partial charge in [0.25, 0.3) is 6.47 Å². The van der Waals surface area contributed by atoms with E-state index >= 15 is 0 Å². The number of carboxylic acid groups (broad SMARTS) is 1. The molecule has 0 aromatic heterocycles. The summed E-state index contributed by atoms with van der Waals surface area (Å²) in [5, 5.41) is 29.1. The lowest BCUT2D eigenvalue weighted by atomic mass is 9.73. The van der Waals surface area contributed by atoms with Crippen LogP contribution in [0.3, 0.4) is 0 Å². The number of rotatable bonds is 7. The Morgan fingerprint density at radius 2 is 1.93 bits per heavy atom. The van der Waals surface area contributed by atoms with E-state index in [2.05, 4.69) is 10.2 Å². The highest BCUT2D eigenvalue weighted by Gasteiger charge is 2.63. The first-order chi connectivity index (χ1) is 13.6. The summed E-state index contributed by atoms with van der Waals surface area (Å²) in [6.07, 6.45) is 8.02. The van der Waals surface area contributed by atoms with Gasteiger partial charge in [-0.15, -0.1) is 0 Å². The van der Waals surface area contributed by atoms with Crippen molar-refractivity contribution in [1.82, 2.24) is 10.2 Å². The summed E-state index contributed by atoms with van der Waals surface area (Å²) >= 11 is 0. The second-order valence-corrected chi connectivity index (χ2v) is 8.74. The van der Waals surface area contributed by atoms with E-state index in [1.807, 2.05) is 0 Å². The molecule has 8 heteroatoms. The van der Waals surface area contributed by atoms with E-state index in [0.717, 1.165) is 25.9 Å². The van der Waals surface area contributed by atoms with Crippen LogP contribution in [-0.2, 0) is 14.3 Å². The van der Waals surface area contributed by atoms with E-state index < -0.39 is 0 Å². The van der Waals surface area contributed by atoms with Gasteiger partial charge in [-0.3, -0.25) is 14.5 Å². The SMILES string of the molecule is O=C(CC1CCCC1)NC[C@H]1[C@H]2CN(C(CO)CO)C[C@]23CC[C@H]1O3.O=CO. The second-order valence-electron chi connectivity index (χ2n) is 8.74. The summed E-state index contributed by atoms with van der Waals surface area (Å²) < 4.78 is 6.38. The molecule has 4 N–H and O–H groups in total. The van der Waals surface area contributed by atoms with Gasteiger partial charge in [-0.25, -0.2) is 0 Å². The van der Waals surface area contributed by atoms with Gasteiger partial charge < -0.3 is 25.4 Å². The Labute approximate surface area is 166 Å². The minimum atomic E-state index is -0.250. The van der Waals surface area contributed by atoms with Crippen molar-refractivity contribution in [2.75, 3.05) is 32.8 Å². The van der Waals surface area contributed by atoms with Gasteiger partial charge in [-0.2, -0.15) is 0 Å². The van der Waals surface area contributed by atoms with Gasteiger partial charge in [0.15, 0.2) is 0 Å². The zero-order valence-corrected chi connectivity index (χ0v) is 16.5. The molecule has 4 atom stereocenters. The average molecular weight is 399 g/mol. The molecule has 1 saturated carbocycles. The number of aliphatic hydroxyl groups excluding tert-OH is 2. The molecule has 3 aliphatic heterocycles. The molecule has 8 nitrogen and oxygen atoms in total. The van der Waals surface area contributed by atoms with Crippen LogP contribution in [0.2, 0.25) is 0 Å². The molecule has 2 bridgehead atoms. The van der Waals surface area contributed by atoms with E-state index in [0.29, 0.717) is 30.7 Å². The highest BCUT2D eigenvalue weighted by atomic mass is 16.5. The molecule has 0 aromatic rings. The molecule has 0 radical (unpaired) electrons. The van der Waals surface area contributed by atoms with Gasteiger partial charge in [0.1, 0.15) is 0 Å². The van der Waals surface area contributed by atoms with Crippen LogP contribution >= 0.6 is 0 Å². The lowest BCUT2D eigenvalue weighted by Crippen LogP contribution is -2.42. The van der Waals surface area contributed by atoms with Gasteiger partial charge in [0.05, 0.1) is 31.0 Å². The monoisotopic (exact) mass is 398 g/mol. The summed E-state index contributed by atoms with van der Waals surface area (Å²) in [6.45, 7) is 2.06. The first-order valence-electron chi connectivity index (χ1n) is 10.5. The third-order valence-corrected chi connectivity index (χ3v) is 7.23. The van der Waals surface area contributed by atoms with Crippen LogP contribution in [0.15, 0.2) is 0 Å². The van der Waals surface area contributed by atoms with Crippen molar-refractivity contribution >= 4 is 12.4 Å². The highest BCUT2D eigenvalue weighted by molar-refractivity contribution is 5.76. The first kappa shape index (κ1) is 21.5. The number of fused-ring (bicyclic) bond motifs is 1. The molecule has 0 unspecified atom stereocenters. The minimum Gasteiger partial charge on any atom is -0.483 e. The summed E-state index contributed by atoms with van der Waals surface area (Å²) in [4.78, 5) is 22.8. The third kappa shape index (κ3) is 4.35. The second kappa shape index (κ2) is 9.52. The maximum Gasteiger partial charge on any atom is 0.290 e. The van der Waals surface area contributed by atoms with Gasteiger partial charge in [-0.05, 0) is 31.6 Å². The molecular weight excluding hydrogens is 364 g/mol. The van der Waals surface area contributed by atoms with E-state index in [4.69, 9.17) is 14.6 Å². The smallest absolute Gasteiger partial charge is 0.290 e. The summed E-state index contributed by atoms with van der Waals surface area (Å²) in [6, 6.07) is -0.194. The number of carbonyl (C=O) groups is 2. The normalized spacial score (nSPS) is 34.3. The number of ether oxygens (including phenoxy) is 1. The molecule has 4 rings (SSSR count). The number of carbonyl (C=O) groups excluding carboxylic acids is 1. The van der Waals surface area contributed by atoms with Crippen LogP contribution in [0.5, 0.6) is 0 Å². The van der Waals surface area contributed by atoms with Crippen molar-refractivity contribution < 1.29 is 29.6 Å². The van der Waals surface area contributed by atoms with Crippen molar-refractivity contribution in [2.24, 2.45) is 17.8 Å². The molecule has 1 amide bonds. The molecule has 4 fully saturated rings. The zero-order valence-electron chi connectivity index (χ0n) is 16.5. The van der Waals surface area contributed by atoms with Crippen LogP contribution in [0.1, 0.15) is 44.9 Å². The van der Waals surface area contributed by atoms with Gasteiger partial charge in [0.2, 0.25) is 5.91 Å². The van der Waals surface area contributed by atoms with Crippen LogP contribution in [0.4, 0.5) is 0 Å². The summed E-state index contributed by atoms with van der Waals surface area (Å²) in [7, 11) is 0. The van der Waals surface area contributed by atoms with Crippen molar-refractivity contribution in [2.45, 2.75) is 62.7 Å². The number of aliphatic hydroxyl groups is 2. The Morgan fingerprint density at radius 3 is 2.57 bits per heavy atom. The van der Waals surface area contributed by atoms with E-state index in [1.54, 1.807) is 0 Å². The molecular formula is C20H34N2O6. The first-order valence-corrected chi connectivity index (χ1v) is 10.5. The predicted molar refractivity (Wildman–Crippen MR) is 102 cm³/mol. The molecule has 4 aliphatic rings. The average Bonchev–Trinajstić information content (AvgIpc) is 3.43.